The van der Waals surface area contributed by atoms with Crippen LogP contribution < -0.4 is 15.4 Å². The van der Waals surface area contributed by atoms with E-state index in [1.165, 1.54) is 6.42 Å². The molecular weight excluding hydrogens is 438 g/mol. The van der Waals surface area contributed by atoms with Gasteiger partial charge in [0.1, 0.15) is 11.4 Å². The lowest BCUT2D eigenvalue weighted by Crippen LogP contribution is -2.46. The smallest absolute Gasteiger partial charge is 0.253 e. The summed E-state index contributed by atoms with van der Waals surface area (Å²) in [7, 11) is 1.96. The van der Waals surface area contributed by atoms with Crippen LogP contribution in [0.3, 0.4) is 0 Å². The van der Waals surface area contributed by atoms with E-state index in [9.17, 15) is 9.59 Å². The summed E-state index contributed by atoms with van der Waals surface area (Å²) in [5.74, 6) is 0.790. The van der Waals surface area contributed by atoms with Crippen molar-refractivity contribution in [2.75, 3.05) is 39.8 Å². The molecule has 188 valence electrons. The summed E-state index contributed by atoms with van der Waals surface area (Å²) in [5.41, 5.74) is 3.75. The quantitative estimate of drug-likeness (QED) is 0.573. The molecule has 2 aliphatic heterocycles. The number of piperidine rings is 1. The van der Waals surface area contributed by atoms with E-state index >= 15 is 0 Å². The number of amides is 1. The number of hydrogen-bond acceptors (Lipinski definition) is 5. The van der Waals surface area contributed by atoms with Crippen LogP contribution in [0.1, 0.15) is 71.9 Å². The van der Waals surface area contributed by atoms with Crippen LogP contribution in [0.5, 0.6) is 5.75 Å². The number of nitrogens with one attached hydrogen (secondary N) is 2. The van der Waals surface area contributed by atoms with Crippen LogP contribution in [0.15, 0.2) is 48.5 Å². The van der Waals surface area contributed by atoms with Crippen LogP contribution in [-0.4, -0.2) is 62.5 Å². The zero-order valence-corrected chi connectivity index (χ0v) is 21.5. The van der Waals surface area contributed by atoms with Gasteiger partial charge in [-0.1, -0.05) is 31.2 Å². The molecule has 1 amide bonds. The first-order valence-corrected chi connectivity index (χ1v) is 12.8. The molecule has 0 unspecified atom stereocenters. The van der Waals surface area contributed by atoms with Gasteiger partial charge in [-0.3, -0.25) is 9.59 Å². The van der Waals surface area contributed by atoms with Gasteiger partial charge in [0.2, 0.25) is 0 Å². The van der Waals surface area contributed by atoms with E-state index in [4.69, 9.17) is 4.74 Å². The standard InChI is InChI=1S/C25H28N2O3.C4H11N/c1-3-27(4-2)24(29)19-10-8-18(9-11-19)21-16-25(12-14-26-15-13-25)30-22-7-5-6-20(17-28)23(21)22;1-3-4-5-2/h5-11,16-17,26H,3-4,12-15H2,1-2H3;5H,3-4H2,1-2H3. The Morgan fingerprint density at radius 3 is 2.31 bits per heavy atom. The van der Waals surface area contributed by atoms with Crippen molar-refractivity contribution in [1.82, 2.24) is 15.5 Å². The average molecular weight is 478 g/mol. The van der Waals surface area contributed by atoms with E-state index in [1.54, 1.807) is 0 Å². The number of carbonyl (C=O) groups excluding carboxylic acids is 2. The molecule has 2 aromatic rings. The maximum atomic E-state index is 12.7. The van der Waals surface area contributed by atoms with E-state index in [0.717, 1.165) is 61.2 Å². The van der Waals surface area contributed by atoms with Gasteiger partial charge in [-0.2, -0.15) is 0 Å². The second-order valence-corrected chi connectivity index (χ2v) is 8.97. The lowest BCUT2D eigenvalue weighted by atomic mass is 9.82. The number of carbonyl (C=O) groups is 2. The first-order chi connectivity index (χ1) is 17.0. The molecular formula is C29H39N3O3. The highest BCUT2D eigenvalue weighted by atomic mass is 16.5. The van der Waals surface area contributed by atoms with Gasteiger partial charge in [-0.05, 0) is 82.4 Å². The minimum absolute atomic E-state index is 0.0383. The minimum atomic E-state index is -0.370. The van der Waals surface area contributed by atoms with Crippen LogP contribution in [0, 0.1) is 0 Å². The molecule has 1 spiro atoms. The Balaban J connectivity index is 0.000000623. The molecule has 6 heteroatoms. The van der Waals surface area contributed by atoms with Crippen molar-refractivity contribution in [2.45, 2.75) is 45.6 Å². The van der Waals surface area contributed by atoms with Gasteiger partial charge in [0.25, 0.3) is 5.91 Å². The lowest BCUT2D eigenvalue weighted by molar-refractivity contribution is 0.0772. The monoisotopic (exact) mass is 477 g/mol. The number of fused-ring (bicyclic) bond motifs is 1. The van der Waals surface area contributed by atoms with Gasteiger partial charge < -0.3 is 20.3 Å². The summed E-state index contributed by atoms with van der Waals surface area (Å²) < 4.78 is 6.44. The molecule has 1 fully saturated rings. The Hall–Kier alpha value is -2.96. The van der Waals surface area contributed by atoms with Gasteiger partial charge in [0.05, 0.1) is 0 Å². The molecule has 1 saturated heterocycles. The summed E-state index contributed by atoms with van der Waals surface area (Å²) >= 11 is 0. The molecule has 6 nitrogen and oxygen atoms in total. The van der Waals surface area contributed by atoms with Crippen molar-refractivity contribution >= 4 is 17.8 Å². The zero-order valence-electron chi connectivity index (χ0n) is 21.5. The highest BCUT2D eigenvalue weighted by Gasteiger charge is 2.37. The predicted octanol–water partition coefficient (Wildman–Crippen LogP) is 4.54. The topological polar surface area (TPSA) is 70.7 Å². The molecule has 0 radical (unpaired) electrons. The summed E-state index contributed by atoms with van der Waals surface area (Å²) in [6.07, 6.45) is 6.05. The Labute approximate surface area is 209 Å². The maximum absolute atomic E-state index is 12.7. The SMILES string of the molecule is CCCNC.CCN(CC)C(=O)c1ccc(C2=CC3(CCNCC3)Oc3cccc(C=O)c32)cc1. The van der Waals surface area contributed by atoms with Gasteiger partial charge >= 0.3 is 0 Å². The van der Waals surface area contributed by atoms with Crippen LogP contribution in [0.25, 0.3) is 5.57 Å². The van der Waals surface area contributed by atoms with E-state index in [-0.39, 0.29) is 11.5 Å². The molecule has 35 heavy (non-hydrogen) atoms. The third-order valence-corrected chi connectivity index (χ3v) is 6.62. The average Bonchev–Trinajstić information content (AvgIpc) is 2.90. The summed E-state index contributed by atoms with van der Waals surface area (Å²) in [6.45, 7) is 10.4. The zero-order chi connectivity index (χ0) is 25.3. The molecule has 2 heterocycles. The fourth-order valence-corrected chi connectivity index (χ4v) is 4.66. The first-order valence-electron chi connectivity index (χ1n) is 12.8. The first kappa shape index (κ1) is 26.6. The summed E-state index contributed by atoms with van der Waals surface area (Å²) in [5, 5.41) is 6.41. The minimum Gasteiger partial charge on any atom is -0.482 e. The Bertz CT molecular complexity index is 1020. The Morgan fingerprint density at radius 2 is 1.77 bits per heavy atom. The largest absolute Gasteiger partial charge is 0.482 e. The molecule has 0 aliphatic carbocycles. The highest BCUT2D eigenvalue weighted by Crippen LogP contribution is 2.43. The molecule has 2 aromatic carbocycles. The fourth-order valence-electron chi connectivity index (χ4n) is 4.66. The van der Waals surface area contributed by atoms with Crippen molar-refractivity contribution in [1.29, 1.82) is 0 Å². The van der Waals surface area contributed by atoms with Crippen molar-refractivity contribution < 1.29 is 14.3 Å². The van der Waals surface area contributed by atoms with Crippen LogP contribution in [-0.2, 0) is 0 Å². The van der Waals surface area contributed by atoms with Gasteiger partial charge in [0, 0.05) is 42.6 Å². The molecule has 0 saturated carbocycles. The Morgan fingerprint density at radius 1 is 1.09 bits per heavy atom. The fraction of sp³-hybridized carbons (Fsp3) is 0.448. The molecule has 4 rings (SSSR count). The number of nitrogens with zero attached hydrogens (tertiary/aromatic N) is 1. The summed E-state index contributed by atoms with van der Waals surface area (Å²) in [6, 6.07) is 13.3. The molecule has 2 aliphatic rings. The van der Waals surface area contributed by atoms with Crippen molar-refractivity contribution in [3.05, 3.63) is 70.8 Å². The van der Waals surface area contributed by atoms with E-state index in [2.05, 4.69) is 23.6 Å². The molecule has 2 N–H and O–H groups in total. The van der Waals surface area contributed by atoms with E-state index in [0.29, 0.717) is 24.2 Å². The second kappa shape index (κ2) is 12.7. The van der Waals surface area contributed by atoms with Crippen molar-refractivity contribution in [3.63, 3.8) is 0 Å². The van der Waals surface area contributed by atoms with Gasteiger partial charge in [0.15, 0.2) is 6.29 Å². The third-order valence-electron chi connectivity index (χ3n) is 6.62. The predicted molar refractivity (Wildman–Crippen MR) is 142 cm³/mol. The van der Waals surface area contributed by atoms with Crippen LogP contribution in [0.2, 0.25) is 0 Å². The van der Waals surface area contributed by atoms with E-state index in [1.807, 2.05) is 68.3 Å². The highest BCUT2D eigenvalue weighted by molar-refractivity contribution is 5.97. The van der Waals surface area contributed by atoms with Crippen molar-refractivity contribution in [2.24, 2.45) is 0 Å². The van der Waals surface area contributed by atoms with E-state index < -0.39 is 0 Å². The number of benzene rings is 2. The number of hydrogen-bond donors (Lipinski definition) is 2. The third kappa shape index (κ3) is 6.19. The van der Waals surface area contributed by atoms with Crippen LogP contribution >= 0.6 is 0 Å². The molecule has 0 aromatic heterocycles. The molecule has 0 bridgehead atoms. The summed E-state index contributed by atoms with van der Waals surface area (Å²) in [4.78, 5) is 26.3. The van der Waals surface area contributed by atoms with Crippen molar-refractivity contribution in [3.8, 4) is 5.75 Å². The molecule has 0 atom stereocenters. The normalized spacial score (nSPS) is 15.7. The maximum Gasteiger partial charge on any atom is 0.253 e. The number of ether oxygens (including phenoxy) is 1. The van der Waals surface area contributed by atoms with Crippen LogP contribution in [0.4, 0.5) is 0 Å². The second-order valence-electron chi connectivity index (χ2n) is 8.97. The lowest BCUT2D eigenvalue weighted by Gasteiger charge is -2.40. The van der Waals surface area contributed by atoms with Gasteiger partial charge in [-0.15, -0.1) is 0 Å². The number of aldehydes is 1. The van der Waals surface area contributed by atoms with Gasteiger partial charge in [-0.25, -0.2) is 0 Å². The Kier molecular flexibility index (Phi) is 9.64. The number of rotatable bonds is 7.